The lowest BCUT2D eigenvalue weighted by molar-refractivity contribution is 0.264. The summed E-state index contributed by atoms with van der Waals surface area (Å²) in [6.45, 7) is 4.01. The van der Waals surface area contributed by atoms with Gasteiger partial charge < -0.3 is 10.2 Å². The van der Waals surface area contributed by atoms with Gasteiger partial charge in [-0.15, -0.1) is 0 Å². The quantitative estimate of drug-likeness (QED) is 0.652. The Morgan fingerprint density at radius 3 is 2.74 bits per heavy atom. The second-order valence-corrected chi connectivity index (χ2v) is 7.62. The van der Waals surface area contributed by atoms with Gasteiger partial charge in [0, 0.05) is 22.7 Å². The molecule has 6 heteroatoms. The van der Waals surface area contributed by atoms with E-state index in [1.54, 1.807) is 12.3 Å². The van der Waals surface area contributed by atoms with Gasteiger partial charge in [-0.25, -0.2) is 14.4 Å². The van der Waals surface area contributed by atoms with Crippen molar-refractivity contribution in [3.05, 3.63) is 53.1 Å². The first-order valence-electron chi connectivity index (χ1n) is 9.18. The molecule has 1 aromatic carbocycles. The molecule has 0 radical (unpaired) electrons. The number of rotatable bonds is 3. The van der Waals surface area contributed by atoms with Crippen molar-refractivity contribution in [1.29, 1.82) is 0 Å². The number of hydrogen-bond donors (Lipinski definition) is 1. The van der Waals surface area contributed by atoms with Gasteiger partial charge in [0.05, 0.1) is 17.4 Å². The number of aromatic nitrogens is 2. The van der Waals surface area contributed by atoms with Crippen LogP contribution in [0.5, 0.6) is 0 Å². The third-order valence-corrected chi connectivity index (χ3v) is 5.42. The van der Waals surface area contributed by atoms with Crippen LogP contribution in [0.3, 0.4) is 0 Å². The number of hydrogen-bond acceptors (Lipinski definition) is 4. The summed E-state index contributed by atoms with van der Waals surface area (Å²) in [6, 6.07) is 9.20. The van der Waals surface area contributed by atoms with E-state index in [2.05, 4.69) is 27.2 Å². The molecule has 1 saturated heterocycles. The van der Waals surface area contributed by atoms with E-state index in [-0.39, 0.29) is 5.82 Å². The second kappa shape index (κ2) is 7.41. The van der Waals surface area contributed by atoms with Crippen LogP contribution in [0.25, 0.3) is 22.2 Å². The van der Waals surface area contributed by atoms with Gasteiger partial charge >= 0.3 is 0 Å². The van der Waals surface area contributed by atoms with Crippen LogP contribution in [0.1, 0.15) is 18.4 Å². The number of anilines is 1. The summed E-state index contributed by atoms with van der Waals surface area (Å²) in [5.41, 5.74) is 3.62. The molecule has 0 amide bonds. The molecule has 0 atom stereocenters. The Kier molecular flexibility index (Phi) is 4.98. The summed E-state index contributed by atoms with van der Waals surface area (Å²) in [5, 5.41) is 4.98. The Bertz CT molecular complexity index is 963. The fourth-order valence-corrected chi connectivity index (χ4v) is 3.84. The lowest BCUT2D eigenvalue weighted by Crippen LogP contribution is -2.36. The average Bonchev–Trinajstić information content (AvgIpc) is 2.64. The van der Waals surface area contributed by atoms with Gasteiger partial charge in [-0.3, -0.25) is 0 Å². The molecule has 4 nitrogen and oxygen atoms in total. The first-order chi connectivity index (χ1) is 13.0. The van der Waals surface area contributed by atoms with E-state index in [0.29, 0.717) is 28.0 Å². The highest BCUT2D eigenvalue weighted by Gasteiger charge is 2.19. The Hall–Kier alpha value is -2.24. The van der Waals surface area contributed by atoms with Gasteiger partial charge in [0.1, 0.15) is 11.0 Å². The third kappa shape index (κ3) is 3.75. The van der Waals surface area contributed by atoms with E-state index >= 15 is 0 Å². The zero-order chi connectivity index (χ0) is 19.0. The smallest absolute Gasteiger partial charge is 0.132 e. The largest absolute Gasteiger partial charge is 0.382 e. The van der Waals surface area contributed by atoms with Crippen LogP contribution in [0.15, 0.2) is 36.5 Å². The van der Waals surface area contributed by atoms with Crippen LogP contribution in [-0.4, -0.2) is 41.0 Å². The minimum Gasteiger partial charge on any atom is -0.382 e. The van der Waals surface area contributed by atoms with E-state index in [4.69, 9.17) is 11.6 Å². The van der Waals surface area contributed by atoms with Crippen LogP contribution in [0.4, 0.5) is 10.1 Å². The number of pyridine rings is 2. The molecule has 27 heavy (non-hydrogen) atoms. The molecule has 3 aromatic rings. The molecule has 0 spiro atoms. The van der Waals surface area contributed by atoms with E-state index in [1.165, 1.54) is 6.07 Å². The fourth-order valence-electron chi connectivity index (χ4n) is 3.68. The zero-order valence-electron chi connectivity index (χ0n) is 15.5. The molecule has 0 aliphatic carbocycles. The summed E-state index contributed by atoms with van der Waals surface area (Å²) in [6.07, 6.45) is 3.78. The number of halogens is 2. The van der Waals surface area contributed by atoms with Crippen molar-refractivity contribution in [2.45, 2.75) is 25.8 Å². The van der Waals surface area contributed by atoms with Gasteiger partial charge in [0.25, 0.3) is 0 Å². The standard InChI is InChI=1S/C21H22ClFN4/c1-13-4-3-5-16(23)21(13)18-11-17(25-14-6-8-27(2)9-7-14)15-10-20(22)24-12-19(15)26-18/h3-5,10-12,14H,6-9H2,1-2H3,(H,25,26). The lowest BCUT2D eigenvalue weighted by atomic mass is 10.0. The highest BCUT2D eigenvalue weighted by molar-refractivity contribution is 6.30. The SMILES string of the molecule is Cc1cccc(F)c1-c1cc(NC2CCN(C)CC2)c2cc(Cl)ncc2n1. The molecule has 0 unspecified atom stereocenters. The van der Waals surface area contributed by atoms with E-state index in [0.717, 1.165) is 42.6 Å². The number of nitrogens with one attached hydrogen (secondary N) is 1. The van der Waals surface area contributed by atoms with E-state index in [1.807, 2.05) is 25.1 Å². The number of benzene rings is 1. The molecule has 1 fully saturated rings. The topological polar surface area (TPSA) is 41.0 Å². The Morgan fingerprint density at radius 1 is 1.22 bits per heavy atom. The number of piperidine rings is 1. The molecule has 4 rings (SSSR count). The van der Waals surface area contributed by atoms with Crippen molar-refractivity contribution in [2.24, 2.45) is 0 Å². The lowest BCUT2D eigenvalue weighted by Gasteiger charge is -2.30. The summed E-state index contributed by atoms with van der Waals surface area (Å²) < 4.78 is 14.5. The molecular formula is C21H22ClFN4. The van der Waals surface area contributed by atoms with Gasteiger partial charge in [-0.05, 0) is 63.7 Å². The molecule has 3 heterocycles. The number of fused-ring (bicyclic) bond motifs is 1. The van der Waals surface area contributed by atoms with Crippen molar-refractivity contribution in [3.8, 4) is 11.3 Å². The molecule has 1 aliphatic heterocycles. The maximum Gasteiger partial charge on any atom is 0.132 e. The van der Waals surface area contributed by atoms with Crippen LogP contribution in [-0.2, 0) is 0 Å². The van der Waals surface area contributed by atoms with Gasteiger partial charge in [-0.1, -0.05) is 23.7 Å². The molecule has 1 aliphatic rings. The number of aryl methyl sites for hydroxylation is 1. The molecule has 0 bridgehead atoms. The van der Waals surface area contributed by atoms with Crippen molar-refractivity contribution in [2.75, 3.05) is 25.5 Å². The van der Waals surface area contributed by atoms with Crippen LogP contribution in [0.2, 0.25) is 5.15 Å². The Balaban J connectivity index is 1.81. The second-order valence-electron chi connectivity index (χ2n) is 7.23. The van der Waals surface area contributed by atoms with Crippen molar-refractivity contribution in [1.82, 2.24) is 14.9 Å². The van der Waals surface area contributed by atoms with Gasteiger partial charge in [-0.2, -0.15) is 0 Å². The maximum absolute atomic E-state index is 14.5. The minimum absolute atomic E-state index is 0.269. The summed E-state index contributed by atoms with van der Waals surface area (Å²) in [7, 11) is 2.14. The molecule has 1 N–H and O–H groups in total. The van der Waals surface area contributed by atoms with Crippen LogP contribution < -0.4 is 5.32 Å². The van der Waals surface area contributed by atoms with Crippen molar-refractivity contribution in [3.63, 3.8) is 0 Å². The van der Waals surface area contributed by atoms with E-state index < -0.39 is 0 Å². The highest BCUT2D eigenvalue weighted by Crippen LogP contribution is 2.33. The first kappa shape index (κ1) is 18.1. The summed E-state index contributed by atoms with van der Waals surface area (Å²) >= 11 is 6.13. The molecule has 0 saturated carbocycles. The average molecular weight is 385 g/mol. The number of nitrogens with zero attached hydrogens (tertiary/aromatic N) is 3. The predicted octanol–water partition coefficient (Wildman–Crippen LogP) is 4.90. The first-order valence-corrected chi connectivity index (χ1v) is 9.56. The monoisotopic (exact) mass is 384 g/mol. The van der Waals surface area contributed by atoms with Crippen molar-refractivity contribution >= 4 is 28.2 Å². The summed E-state index contributed by atoms with van der Waals surface area (Å²) in [5.74, 6) is -0.269. The molecular weight excluding hydrogens is 363 g/mol. The Labute approximate surface area is 163 Å². The molecule has 140 valence electrons. The Morgan fingerprint density at radius 2 is 2.00 bits per heavy atom. The highest BCUT2D eigenvalue weighted by atomic mass is 35.5. The predicted molar refractivity (Wildman–Crippen MR) is 109 cm³/mol. The van der Waals surface area contributed by atoms with Gasteiger partial charge in [0.2, 0.25) is 0 Å². The van der Waals surface area contributed by atoms with Crippen LogP contribution >= 0.6 is 11.6 Å². The van der Waals surface area contributed by atoms with E-state index in [9.17, 15) is 4.39 Å². The number of likely N-dealkylation sites (tertiary alicyclic amines) is 1. The maximum atomic E-state index is 14.5. The normalized spacial score (nSPS) is 16.0. The summed E-state index contributed by atoms with van der Waals surface area (Å²) in [4.78, 5) is 11.2. The fraction of sp³-hybridized carbons (Fsp3) is 0.333. The molecule has 2 aromatic heterocycles. The minimum atomic E-state index is -0.269. The van der Waals surface area contributed by atoms with Gasteiger partial charge in [0.15, 0.2) is 0 Å². The zero-order valence-corrected chi connectivity index (χ0v) is 16.2. The third-order valence-electron chi connectivity index (χ3n) is 5.22. The van der Waals surface area contributed by atoms with Crippen LogP contribution in [0, 0.1) is 12.7 Å². The van der Waals surface area contributed by atoms with Crippen molar-refractivity contribution < 1.29 is 4.39 Å².